The van der Waals surface area contributed by atoms with Crippen LogP contribution in [-0.4, -0.2) is 42.8 Å². The van der Waals surface area contributed by atoms with E-state index < -0.39 is 9.84 Å². The van der Waals surface area contributed by atoms with Gasteiger partial charge in [-0.25, -0.2) is 8.42 Å². The number of hydrogen-bond acceptors (Lipinski definition) is 7. The van der Waals surface area contributed by atoms with E-state index in [0.717, 1.165) is 37.2 Å². The SMILES string of the molecule is CCS(=O)(=O)c1c(N)nsc1N(CCO)C1CCCCC1. The molecule has 1 aliphatic rings. The lowest BCUT2D eigenvalue weighted by Gasteiger charge is -2.35. The molecule has 1 heterocycles. The molecular formula is C13H23N3O3S2. The highest BCUT2D eigenvalue weighted by Gasteiger charge is 2.31. The van der Waals surface area contributed by atoms with E-state index in [9.17, 15) is 13.5 Å². The van der Waals surface area contributed by atoms with Crippen molar-refractivity contribution in [3.63, 3.8) is 0 Å². The van der Waals surface area contributed by atoms with Crippen molar-refractivity contribution in [1.29, 1.82) is 0 Å². The fraction of sp³-hybridized carbons (Fsp3) is 0.769. The molecule has 0 aliphatic heterocycles. The van der Waals surface area contributed by atoms with Gasteiger partial charge in [-0.05, 0) is 24.4 Å². The van der Waals surface area contributed by atoms with Crippen LogP contribution in [0.2, 0.25) is 0 Å². The molecule has 0 unspecified atom stereocenters. The summed E-state index contributed by atoms with van der Waals surface area (Å²) in [5, 5.41) is 9.94. The van der Waals surface area contributed by atoms with Crippen molar-refractivity contribution in [3.8, 4) is 0 Å². The zero-order valence-electron chi connectivity index (χ0n) is 12.3. The summed E-state index contributed by atoms with van der Waals surface area (Å²) in [5.41, 5.74) is 5.80. The van der Waals surface area contributed by atoms with Gasteiger partial charge in [-0.2, -0.15) is 4.37 Å². The molecule has 1 aromatic rings. The van der Waals surface area contributed by atoms with Gasteiger partial charge in [0, 0.05) is 12.6 Å². The number of anilines is 2. The van der Waals surface area contributed by atoms with Gasteiger partial charge in [0.05, 0.1) is 12.4 Å². The summed E-state index contributed by atoms with van der Waals surface area (Å²) in [6, 6.07) is 0.261. The van der Waals surface area contributed by atoms with Crippen LogP contribution in [-0.2, 0) is 9.84 Å². The first-order valence-electron chi connectivity index (χ1n) is 7.36. The fourth-order valence-corrected chi connectivity index (χ4v) is 5.25. The third-order valence-corrected chi connectivity index (χ3v) is 6.78. The molecule has 0 saturated heterocycles. The Kier molecular flexibility index (Phi) is 5.45. The van der Waals surface area contributed by atoms with Crippen LogP contribution in [0.1, 0.15) is 39.0 Å². The second-order valence-electron chi connectivity index (χ2n) is 5.31. The van der Waals surface area contributed by atoms with Gasteiger partial charge in [0.15, 0.2) is 15.7 Å². The van der Waals surface area contributed by atoms with E-state index in [-0.39, 0.29) is 29.1 Å². The van der Waals surface area contributed by atoms with Crippen molar-refractivity contribution < 1.29 is 13.5 Å². The van der Waals surface area contributed by atoms with Gasteiger partial charge < -0.3 is 15.7 Å². The van der Waals surface area contributed by atoms with Crippen LogP contribution < -0.4 is 10.6 Å². The molecule has 1 fully saturated rings. The molecule has 8 heteroatoms. The summed E-state index contributed by atoms with van der Waals surface area (Å²) in [6.07, 6.45) is 5.52. The molecule has 1 aliphatic carbocycles. The Labute approximate surface area is 130 Å². The Hall–Kier alpha value is -0.860. The van der Waals surface area contributed by atoms with Gasteiger partial charge in [0.25, 0.3) is 0 Å². The van der Waals surface area contributed by atoms with Crippen LogP contribution in [0.3, 0.4) is 0 Å². The molecule has 3 N–H and O–H groups in total. The maximum absolute atomic E-state index is 12.3. The maximum Gasteiger partial charge on any atom is 0.184 e. The lowest BCUT2D eigenvalue weighted by Crippen LogP contribution is -2.39. The minimum absolute atomic E-state index is 0.000243. The summed E-state index contributed by atoms with van der Waals surface area (Å²) in [7, 11) is -3.42. The molecule has 0 radical (unpaired) electrons. The first kappa shape index (κ1) is 16.5. The highest BCUT2D eigenvalue weighted by Crippen LogP contribution is 2.38. The molecule has 0 spiro atoms. The third kappa shape index (κ3) is 3.49. The monoisotopic (exact) mass is 333 g/mol. The second kappa shape index (κ2) is 6.93. The van der Waals surface area contributed by atoms with E-state index in [0.29, 0.717) is 11.5 Å². The summed E-state index contributed by atoms with van der Waals surface area (Å²) < 4.78 is 28.6. The molecule has 21 heavy (non-hydrogen) atoms. The molecule has 6 nitrogen and oxygen atoms in total. The summed E-state index contributed by atoms with van der Waals surface area (Å²) in [4.78, 5) is 2.14. The van der Waals surface area contributed by atoms with E-state index in [2.05, 4.69) is 4.37 Å². The van der Waals surface area contributed by atoms with Crippen molar-refractivity contribution in [2.75, 3.05) is 29.5 Å². The van der Waals surface area contributed by atoms with Crippen LogP contribution in [0.5, 0.6) is 0 Å². The van der Waals surface area contributed by atoms with E-state index in [1.165, 1.54) is 6.42 Å². The fourth-order valence-electron chi connectivity index (χ4n) is 2.85. The van der Waals surface area contributed by atoms with Gasteiger partial charge in [-0.15, -0.1) is 0 Å². The number of aliphatic hydroxyl groups is 1. The molecule has 1 saturated carbocycles. The van der Waals surface area contributed by atoms with E-state index in [1.54, 1.807) is 6.92 Å². The van der Waals surface area contributed by atoms with Crippen LogP contribution in [0.4, 0.5) is 10.8 Å². The van der Waals surface area contributed by atoms with Gasteiger partial charge >= 0.3 is 0 Å². The maximum atomic E-state index is 12.3. The molecule has 0 atom stereocenters. The van der Waals surface area contributed by atoms with E-state index >= 15 is 0 Å². The van der Waals surface area contributed by atoms with Crippen molar-refractivity contribution >= 4 is 32.2 Å². The molecule has 0 bridgehead atoms. The van der Waals surface area contributed by atoms with Gasteiger partial charge in [0.1, 0.15) is 9.90 Å². The number of nitrogens with two attached hydrogens (primary N) is 1. The molecule has 2 rings (SSSR count). The normalized spacial score (nSPS) is 17.0. The molecular weight excluding hydrogens is 310 g/mol. The molecule has 120 valence electrons. The zero-order chi connectivity index (χ0) is 15.5. The first-order chi connectivity index (χ1) is 10.0. The smallest absolute Gasteiger partial charge is 0.184 e. The van der Waals surface area contributed by atoms with E-state index in [1.807, 2.05) is 4.90 Å². The average Bonchev–Trinajstić information content (AvgIpc) is 2.88. The van der Waals surface area contributed by atoms with Crippen molar-refractivity contribution in [2.45, 2.75) is 50.0 Å². The highest BCUT2D eigenvalue weighted by atomic mass is 32.2. The van der Waals surface area contributed by atoms with Gasteiger partial charge in [0.2, 0.25) is 0 Å². The minimum atomic E-state index is -3.42. The van der Waals surface area contributed by atoms with Crippen LogP contribution in [0.15, 0.2) is 4.90 Å². The molecule has 1 aromatic heterocycles. The second-order valence-corrected chi connectivity index (χ2v) is 8.28. The number of nitrogen functional groups attached to an aromatic ring is 1. The molecule has 0 amide bonds. The lowest BCUT2D eigenvalue weighted by molar-refractivity contribution is 0.290. The van der Waals surface area contributed by atoms with Crippen molar-refractivity contribution in [3.05, 3.63) is 0 Å². The van der Waals surface area contributed by atoms with Crippen LogP contribution in [0, 0.1) is 0 Å². The van der Waals surface area contributed by atoms with Crippen LogP contribution in [0.25, 0.3) is 0 Å². The van der Waals surface area contributed by atoms with Gasteiger partial charge in [-0.1, -0.05) is 26.2 Å². The van der Waals surface area contributed by atoms with Crippen molar-refractivity contribution in [2.24, 2.45) is 0 Å². The van der Waals surface area contributed by atoms with E-state index in [4.69, 9.17) is 5.73 Å². The number of aliphatic hydroxyl groups excluding tert-OH is 1. The largest absolute Gasteiger partial charge is 0.395 e. The summed E-state index contributed by atoms with van der Waals surface area (Å²) in [6.45, 7) is 2.01. The topological polar surface area (TPSA) is 96.5 Å². The molecule has 0 aromatic carbocycles. The van der Waals surface area contributed by atoms with Crippen LogP contribution >= 0.6 is 11.5 Å². The third-order valence-electron chi connectivity index (χ3n) is 3.97. The lowest BCUT2D eigenvalue weighted by atomic mass is 9.94. The predicted molar refractivity (Wildman–Crippen MR) is 85.6 cm³/mol. The Morgan fingerprint density at radius 2 is 2.05 bits per heavy atom. The Balaban J connectivity index is 2.41. The first-order valence-corrected chi connectivity index (χ1v) is 9.79. The number of aromatic nitrogens is 1. The summed E-state index contributed by atoms with van der Waals surface area (Å²) >= 11 is 1.12. The summed E-state index contributed by atoms with van der Waals surface area (Å²) in [5.74, 6) is 0.0795. The minimum Gasteiger partial charge on any atom is -0.395 e. The Bertz CT molecular complexity index is 565. The average molecular weight is 333 g/mol. The number of hydrogen-bond donors (Lipinski definition) is 2. The number of sulfone groups is 1. The zero-order valence-corrected chi connectivity index (χ0v) is 13.9. The highest BCUT2D eigenvalue weighted by molar-refractivity contribution is 7.91. The quantitative estimate of drug-likeness (QED) is 0.821. The standard InChI is InChI=1S/C13H23N3O3S2/c1-2-21(18,19)11-12(14)15-20-13(11)16(8-9-17)10-6-4-3-5-7-10/h10,17H,2-9H2,1H3,(H2,14,15). The predicted octanol–water partition coefficient (Wildman–Crippen LogP) is 1.65. The van der Waals surface area contributed by atoms with Crippen molar-refractivity contribution in [1.82, 2.24) is 4.37 Å². The van der Waals surface area contributed by atoms with Gasteiger partial charge in [-0.3, -0.25) is 0 Å². The number of nitrogens with zero attached hydrogens (tertiary/aromatic N) is 2. The number of rotatable bonds is 6. The Morgan fingerprint density at radius 3 is 2.62 bits per heavy atom. The Morgan fingerprint density at radius 1 is 1.38 bits per heavy atom.